The fourth-order valence-corrected chi connectivity index (χ4v) is 2.21. The van der Waals surface area contributed by atoms with Gasteiger partial charge in [-0.15, -0.1) is 0 Å². The monoisotopic (exact) mass is 255 g/mol. The average molecular weight is 255 g/mol. The number of rotatable bonds is 8. The lowest BCUT2D eigenvalue weighted by molar-refractivity contribution is -0.125. The second-order valence-corrected chi connectivity index (χ2v) is 6.53. The molecule has 0 spiro atoms. The molecule has 1 fully saturated rings. The average Bonchev–Trinajstić information content (AvgIpc) is 2.99. The van der Waals surface area contributed by atoms with Crippen molar-refractivity contribution in [3.8, 4) is 0 Å². The van der Waals surface area contributed by atoms with Gasteiger partial charge in [0.1, 0.15) is 5.54 Å². The molecule has 1 aliphatic rings. The van der Waals surface area contributed by atoms with E-state index in [0.29, 0.717) is 24.5 Å². The summed E-state index contributed by atoms with van der Waals surface area (Å²) in [6, 6.07) is 0.905. The Morgan fingerprint density at radius 3 is 2.28 bits per heavy atom. The third-order valence-corrected chi connectivity index (χ3v) is 3.49. The highest BCUT2D eigenvalue weighted by molar-refractivity contribution is 5.84. The normalized spacial score (nSPS) is 19.6. The molecule has 0 aromatic carbocycles. The van der Waals surface area contributed by atoms with Gasteiger partial charge in [0.2, 0.25) is 5.91 Å². The molecule has 0 saturated heterocycles. The van der Waals surface area contributed by atoms with Crippen LogP contribution >= 0.6 is 0 Å². The van der Waals surface area contributed by atoms with Crippen molar-refractivity contribution in [3.05, 3.63) is 0 Å². The molecule has 18 heavy (non-hydrogen) atoms. The van der Waals surface area contributed by atoms with Gasteiger partial charge in [0, 0.05) is 25.2 Å². The molecule has 0 aliphatic heterocycles. The Morgan fingerprint density at radius 1 is 1.39 bits per heavy atom. The van der Waals surface area contributed by atoms with Crippen molar-refractivity contribution < 1.29 is 4.79 Å². The molecule has 0 heterocycles. The van der Waals surface area contributed by atoms with Crippen molar-refractivity contribution in [2.24, 2.45) is 11.7 Å². The number of hydrogen-bond donors (Lipinski definition) is 2. The summed E-state index contributed by atoms with van der Waals surface area (Å²) >= 11 is 0. The summed E-state index contributed by atoms with van der Waals surface area (Å²) < 4.78 is 0. The summed E-state index contributed by atoms with van der Waals surface area (Å²) in [5.41, 5.74) is 4.99. The van der Waals surface area contributed by atoms with Gasteiger partial charge in [-0.3, -0.25) is 15.0 Å². The van der Waals surface area contributed by atoms with Gasteiger partial charge in [0.25, 0.3) is 0 Å². The fourth-order valence-electron chi connectivity index (χ4n) is 2.21. The van der Waals surface area contributed by atoms with Crippen LogP contribution < -0.4 is 11.1 Å². The van der Waals surface area contributed by atoms with E-state index in [1.165, 1.54) is 0 Å². The van der Waals surface area contributed by atoms with Crippen LogP contribution in [0.3, 0.4) is 0 Å². The van der Waals surface area contributed by atoms with E-state index in [1.807, 2.05) is 6.92 Å². The zero-order valence-electron chi connectivity index (χ0n) is 12.5. The zero-order valence-corrected chi connectivity index (χ0v) is 12.5. The van der Waals surface area contributed by atoms with Gasteiger partial charge >= 0.3 is 0 Å². The smallest absolute Gasteiger partial charge is 0.238 e. The van der Waals surface area contributed by atoms with Crippen LogP contribution in [-0.2, 0) is 4.79 Å². The molecular formula is C14H29N3O. The van der Waals surface area contributed by atoms with Gasteiger partial charge in [-0.2, -0.15) is 0 Å². The van der Waals surface area contributed by atoms with Gasteiger partial charge < -0.3 is 5.73 Å². The van der Waals surface area contributed by atoms with Crippen LogP contribution in [0.5, 0.6) is 0 Å². The molecule has 0 bridgehead atoms. The summed E-state index contributed by atoms with van der Waals surface area (Å²) in [5, 5.41) is 3.41. The maximum atomic E-state index is 11.8. The first kappa shape index (κ1) is 15.4. The molecular weight excluding hydrogens is 226 g/mol. The standard InChI is InChI=1S/C14H29N3O/c1-10(2)8-17(11(3)4)9-14(5,13(15)18)16-12-6-7-12/h10-12,16H,6-9H2,1-5H3,(H2,15,18). The molecule has 3 N–H and O–H groups in total. The van der Waals surface area contributed by atoms with Crippen molar-refractivity contribution in [2.45, 2.75) is 65.1 Å². The predicted molar refractivity (Wildman–Crippen MR) is 75.3 cm³/mol. The summed E-state index contributed by atoms with van der Waals surface area (Å²) in [6.07, 6.45) is 2.32. The second-order valence-electron chi connectivity index (χ2n) is 6.53. The van der Waals surface area contributed by atoms with E-state index >= 15 is 0 Å². The van der Waals surface area contributed by atoms with Gasteiger partial charge in [-0.25, -0.2) is 0 Å². The van der Waals surface area contributed by atoms with Crippen molar-refractivity contribution in [1.29, 1.82) is 0 Å². The number of nitrogens with zero attached hydrogens (tertiary/aromatic N) is 1. The maximum Gasteiger partial charge on any atom is 0.238 e. The number of carbonyl (C=O) groups excluding carboxylic acids is 1. The van der Waals surface area contributed by atoms with Crippen LogP contribution in [0.4, 0.5) is 0 Å². The molecule has 106 valence electrons. The predicted octanol–water partition coefficient (Wildman–Crippen LogP) is 1.35. The van der Waals surface area contributed by atoms with Crippen LogP contribution in [0, 0.1) is 5.92 Å². The maximum absolute atomic E-state index is 11.8. The Morgan fingerprint density at radius 2 is 1.94 bits per heavy atom. The minimum Gasteiger partial charge on any atom is -0.368 e. The molecule has 1 atom stereocenters. The number of amides is 1. The lowest BCUT2D eigenvalue weighted by atomic mass is 9.98. The molecule has 0 aromatic heterocycles. The number of nitrogens with one attached hydrogen (secondary N) is 1. The Hall–Kier alpha value is -0.610. The van der Waals surface area contributed by atoms with E-state index < -0.39 is 5.54 Å². The number of nitrogens with two attached hydrogens (primary N) is 1. The largest absolute Gasteiger partial charge is 0.368 e. The quantitative estimate of drug-likeness (QED) is 0.688. The number of primary amides is 1. The Balaban J connectivity index is 2.68. The van der Waals surface area contributed by atoms with E-state index in [-0.39, 0.29) is 5.91 Å². The topological polar surface area (TPSA) is 58.4 Å². The number of carbonyl (C=O) groups is 1. The fraction of sp³-hybridized carbons (Fsp3) is 0.929. The summed E-state index contributed by atoms with van der Waals surface area (Å²) in [5.74, 6) is 0.342. The summed E-state index contributed by atoms with van der Waals surface area (Å²) in [4.78, 5) is 14.1. The van der Waals surface area contributed by atoms with E-state index in [4.69, 9.17) is 5.73 Å². The zero-order chi connectivity index (χ0) is 13.9. The molecule has 4 heteroatoms. The van der Waals surface area contributed by atoms with Crippen molar-refractivity contribution in [3.63, 3.8) is 0 Å². The summed E-state index contributed by atoms with van der Waals surface area (Å²) in [7, 11) is 0. The molecule has 0 radical (unpaired) electrons. The van der Waals surface area contributed by atoms with Gasteiger partial charge in [-0.1, -0.05) is 13.8 Å². The van der Waals surface area contributed by atoms with E-state index in [0.717, 1.165) is 19.4 Å². The minimum absolute atomic E-state index is 0.246. The Kier molecular flexibility index (Phi) is 5.17. The van der Waals surface area contributed by atoms with E-state index in [1.54, 1.807) is 0 Å². The van der Waals surface area contributed by atoms with Crippen LogP contribution in [0.1, 0.15) is 47.5 Å². The first-order valence-electron chi connectivity index (χ1n) is 7.06. The van der Waals surface area contributed by atoms with Crippen LogP contribution in [0.25, 0.3) is 0 Å². The molecule has 1 amide bonds. The highest BCUT2D eigenvalue weighted by Gasteiger charge is 2.38. The number of hydrogen-bond acceptors (Lipinski definition) is 3. The second kappa shape index (κ2) is 6.02. The first-order valence-corrected chi connectivity index (χ1v) is 7.06. The molecule has 1 aliphatic carbocycles. The SMILES string of the molecule is CC(C)CN(CC(C)(NC1CC1)C(N)=O)C(C)C. The molecule has 4 nitrogen and oxygen atoms in total. The summed E-state index contributed by atoms with van der Waals surface area (Å²) in [6.45, 7) is 12.4. The van der Waals surface area contributed by atoms with Crippen LogP contribution in [0.15, 0.2) is 0 Å². The van der Waals surface area contributed by atoms with Crippen molar-refractivity contribution in [1.82, 2.24) is 10.2 Å². The lowest BCUT2D eigenvalue weighted by Crippen LogP contribution is -2.61. The van der Waals surface area contributed by atoms with Gasteiger partial charge in [0.15, 0.2) is 0 Å². The Labute approximate surface area is 111 Å². The molecule has 0 aromatic rings. The Bertz CT molecular complexity index is 287. The highest BCUT2D eigenvalue weighted by Crippen LogP contribution is 2.23. The van der Waals surface area contributed by atoms with E-state index in [9.17, 15) is 4.79 Å². The molecule has 1 unspecified atom stereocenters. The van der Waals surface area contributed by atoms with Crippen LogP contribution in [0.2, 0.25) is 0 Å². The first-order chi connectivity index (χ1) is 8.24. The van der Waals surface area contributed by atoms with Crippen molar-refractivity contribution in [2.75, 3.05) is 13.1 Å². The van der Waals surface area contributed by atoms with E-state index in [2.05, 4.69) is 37.9 Å². The third kappa shape index (κ3) is 4.58. The van der Waals surface area contributed by atoms with Crippen molar-refractivity contribution >= 4 is 5.91 Å². The third-order valence-electron chi connectivity index (χ3n) is 3.49. The highest BCUT2D eigenvalue weighted by atomic mass is 16.1. The molecule has 1 rings (SSSR count). The van der Waals surface area contributed by atoms with Crippen LogP contribution in [-0.4, -0.2) is 41.5 Å². The molecule has 1 saturated carbocycles. The lowest BCUT2D eigenvalue weighted by Gasteiger charge is -2.37. The van der Waals surface area contributed by atoms with Gasteiger partial charge in [-0.05, 0) is 39.5 Å². The minimum atomic E-state index is -0.611. The van der Waals surface area contributed by atoms with Gasteiger partial charge in [0.05, 0.1) is 0 Å².